The van der Waals surface area contributed by atoms with Gasteiger partial charge in [0.2, 0.25) is 0 Å². The van der Waals surface area contributed by atoms with Crippen LogP contribution in [0.1, 0.15) is 11.3 Å². The predicted octanol–water partition coefficient (Wildman–Crippen LogP) is 2.84. The zero-order valence-corrected chi connectivity index (χ0v) is 11.2. The van der Waals surface area contributed by atoms with E-state index in [9.17, 15) is 0 Å². The van der Waals surface area contributed by atoms with Crippen LogP contribution < -0.4 is 5.32 Å². The second kappa shape index (κ2) is 5.33. The molecule has 0 spiro atoms. The third-order valence-electron chi connectivity index (χ3n) is 3.60. The lowest BCUT2D eigenvalue weighted by atomic mass is 10.1. The van der Waals surface area contributed by atoms with E-state index in [0.717, 1.165) is 19.5 Å². The van der Waals surface area contributed by atoms with Gasteiger partial charge < -0.3 is 14.9 Å². The van der Waals surface area contributed by atoms with Crippen LogP contribution in [0.2, 0.25) is 0 Å². The van der Waals surface area contributed by atoms with E-state index in [1.807, 2.05) is 0 Å². The number of aromatic nitrogens is 2. The molecular weight excluding hydrogens is 234 g/mol. The summed E-state index contributed by atoms with van der Waals surface area (Å²) in [6.45, 7) is 1.92. The van der Waals surface area contributed by atoms with Crippen molar-refractivity contribution in [1.29, 1.82) is 0 Å². The van der Waals surface area contributed by atoms with E-state index < -0.39 is 0 Å². The Morgan fingerprint density at radius 3 is 2.89 bits per heavy atom. The molecule has 2 N–H and O–H groups in total. The molecule has 2 aromatic heterocycles. The van der Waals surface area contributed by atoms with Crippen LogP contribution in [-0.4, -0.2) is 16.1 Å². The summed E-state index contributed by atoms with van der Waals surface area (Å²) in [5.74, 6) is 0. The molecule has 0 saturated heterocycles. The fraction of sp³-hybridized carbons (Fsp3) is 0.250. The Kier molecular flexibility index (Phi) is 3.38. The molecule has 2 heterocycles. The lowest BCUT2D eigenvalue weighted by Gasteiger charge is -2.05. The molecule has 0 fully saturated rings. The molecule has 0 aliphatic rings. The molecule has 0 aliphatic heterocycles. The topological polar surface area (TPSA) is 32.8 Å². The highest BCUT2D eigenvalue weighted by Crippen LogP contribution is 2.17. The van der Waals surface area contributed by atoms with Crippen LogP contribution >= 0.6 is 0 Å². The van der Waals surface area contributed by atoms with Gasteiger partial charge in [0.15, 0.2) is 0 Å². The highest BCUT2D eigenvalue weighted by molar-refractivity contribution is 5.83. The highest BCUT2D eigenvalue weighted by atomic mass is 15.0. The fourth-order valence-corrected chi connectivity index (χ4v) is 2.46. The first-order chi connectivity index (χ1) is 9.34. The van der Waals surface area contributed by atoms with Crippen molar-refractivity contribution >= 4 is 10.9 Å². The lowest BCUT2D eigenvalue weighted by Crippen LogP contribution is -2.18. The number of rotatable bonds is 5. The van der Waals surface area contributed by atoms with Gasteiger partial charge in [-0.05, 0) is 36.7 Å². The molecule has 0 amide bonds. The quantitative estimate of drug-likeness (QED) is 0.673. The average molecular weight is 253 g/mol. The molecule has 0 saturated carbocycles. The summed E-state index contributed by atoms with van der Waals surface area (Å²) in [6, 6.07) is 12.7. The Morgan fingerprint density at radius 1 is 1.16 bits per heavy atom. The third kappa shape index (κ3) is 2.56. The monoisotopic (exact) mass is 253 g/mol. The van der Waals surface area contributed by atoms with E-state index in [1.165, 1.54) is 22.2 Å². The Labute approximate surface area is 113 Å². The molecule has 0 aliphatic carbocycles. The van der Waals surface area contributed by atoms with Crippen molar-refractivity contribution in [2.24, 2.45) is 7.05 Å². The minimum Gasteiger partial charge on any atom is -0.361 e. The largest absolute Gasteiger partial charge is 0.361 e. The molecule has 3 rings (SSSR count). The predicted molar refractivity (Wildman–Crippen MR) is 79.1 cm³/mol. The number of hydrogen-bond acceptors (Lipinski definition) is 1. The molecule has 1 aromatic carbocycles. The number of hydrogen-bond donors (Lipinski definition) is 2. The number of para-hydroxylation sites is 1. The summed E-state index contributed by atoms with van der Waals surface area (Å²) < 4.78 is 2.15. The Bertz CT molecular complexity index is 663. The maximum Gasteiger partial charge on any atom is 0.0456 e. The molecule has 0 bridgehead atoms. The smallest absolute Gasteiger partial charge is 0.0456 e. The van der Waals surface area contributed by atoms with E-state index >= 15 is 0 Å². The van der Waals surface area contributed by atoms with Crippen LogP contribution in [0.3, 0.4) is 0 Å². The van der Waals surface area contributed by atoms with E-state index in [-0.39, 0.29) is 0 Å². The summed E-state index contributed by atoms with van der Waals surface area (Å²) in [5, 5.41) is 4.83. The van der Waals surface area contributed by atoms with Gasteiger partial charge in [-0.15, -0.1) is 0 Å². The molecule has 19 heavy (non-hydrogen) atoms. The van der Waals surface area contributed by atoms with Crippen molar-refractivity contribution < 1.29 is 0 Å². The number of benzene rings is 1. The van der Waals surface area contributed by atoms with Crippen molar-refractivity contribution in [3.63, 3.8) is 0 Å². The van der Waals surface area contributed by atoms with Crippen molar-refractivity contribution in [1.82, 2.24) is 14.9 Å². The van der Waals surface area contributed by atoms with Gasteiger partial charge in [0.25, 0.3) is 0 Å². The number of nitrogens with zero attached hydrogens (tertiary/aromatic N) is 1. The van der Waals surface area contributed by atoms with E-state index in [1.54, 1.807) is 0 Å². The van der Waals surface area contributed by atoms with E-state index in [2.05, 4.69) is 70.7 Å². The van der Waals surface area contributed by atoms with Crippen molar-refractivity contribution in [3.8, 4) is 0 Å². The third-order valence-corrected chi connectivity index (χ3v) is 3.60. The summed E-state index contributed by atoms with van der Waals surface area (Å²) >= 11 is 0. The first kappa shape index (κ1) is 12.1. The van der Waals surface area contributed by atoms with Crippen LogP contribution in [0.5, 0.6) is 0 Å². The van der Waals surface area contributed by atoms with Gasteiger partial charge in [0, 0.05) is 42.6 Å². The van der Waals surface area contributed by atoms with E-state index in [4.69, 9.17) is 0 Å². The van der Waals surface area contributed by atoms with Crippen molar-refractivity contribution in [2.75, 3.05) is 6.54 Å². The number of aryl methyl sites for hydroxylation is 1. The summed E-state index contributed by atoms with van der Waals surface area (Å²) in [7, 11) is 2.08. The Balaban J connectivity index is 1.57. The zero-order chi connectivity index (χ0) is 13.1. The SMILES string of the molecule is Cn1cccc1CNCCc1c[nH]c2ccccc12. The molecule has 0 atom stereocenters. The summed E-state index contributed by atoms with van der Waals surface area (Å²) in [6.07, 6.45) is 5.25. The second-order valence-corrected chi connectivity index (χ2v) is 4.90. The molecule has 0 radical (unpaired) electrons. The minimum absolute atomic E-state index is 0.922. The molecule has 3 nitrogen and oxygen atoms in total. The second-order valence-electron chi connectivity index (χ2n) is 4.90. The minimum atomic E-state index is 0.922. The van der Waals surface area contributed by atoms with Gasteiger partial charge in [-0.2, -0.15) is 0 Å². The van der Waals surface area contributed by atoms with Crippen LogP contribution in [0.15, 0.2) is 48.8 Å². The van der Waals surface area contributed by atoms with Gasteiger partial charge in [0.05, 0.1) is 0 Å². The number of nitrogens with one attached hydrogen (secondary N) is 2. The fourth-order valence-electron chi connectivity index (χ4n) is 2.46. The molecule has 0 unspecified atom stereocenters. The van der Waals surface area contributed by atoms with Crippen LogP contribution in [0.4, 0.5) is 0 Å². The van der Waals surface area contributed by atoms with Gasteiger partial charge in [-0.25, -0.2) is 0 Å². The van der Waals surface area contributed by atoms with Crippen molar-refractivity contribution in [2.45, 2.75) is 13.0 Å². The van der Waals surface area contributed by atoms with Crippen LogP contribution in [-0.2, 0) is 20.0 Å². The van der Waals surface area contributed by atoms with Gasteiger partial charge in [0.1, 0.15) is 0 Å². The first-order valence-corrected chi connectivity index (χ1v) is 6.70. The van der Waals surface area contributed by atoms with Crippen molar-refractivity contribution in [3.05, 3.63) is 60.0 Å². The van der Waals surface area contributed by atoms with Gasteiger partial charge in [-0.1, -0.05) is 18.2 Å². The van der Waals surface area contributed by atoms with Gasteiger partial charge >= 0.3 is 0 Å². The molecule has 3 heteroatoms. The molecule has 3 aromatic rings. The maximum atomic E-state index is 3.50. The lowest BCUT2D eigenvalue weighted by molar-refractivity contribution is 0.654. The first-order valence-electron chi connectivity index (χ1n) is 6.70. The summed E-state index contributed by atoms with van der Waals surface area (Å²) in [4.78, 5) is 3.32. The van der Waals surface area contributed by atoms with Crippen LogP contribution in [0.25, 0.3) is 10.9 Å². The number of fused-ring (bicyclic) bond motifs is 1. The zero-order valence-electron chi connectivity index (χ0n) is 11.2. The molecular formula is C16H19N3. The standard InChI is InChI=1S/C16H19N3/c1-19-10-4-5-14(19)12-17-9-8-13-11-18-16-7-3-2-6-15(13)16/h2-7,10-11,17-18H,8-9,12H2,1H3. The van der Waals surface area contributed by atoms with Gasteiger partial charge in [-0.3, -0.25) is 0 Å². The Morgan fingerprint density at radius 2 is 2.05 bits per heavy atom. The number of H-pyrrole nitrogens is 1. The normalized spacial score (nSPS) is 11.2. The summed E-state index contributed by atoms with van der Waals surface area (Å²) in [5.41, 5.74) is 3.92. The number of aromatic amines is 1. The molecule has 98 valence electrons. The highest BCUT2D eigenvalue weighted by Gasteiger charge is 2.02. The average Bonchev–Trinajstić information content (AvgIpc) is 3.02. The van der Waals surface area contributed by atoms with E-state index in [0.29, 0.717) is 0 Å². The van der Waals surface area contributed by atoms with Crippen LogP contribution in [0, 0.1) is 0 Å². The Hall–Kier alpha value is -2.00. The maximum absolute atomic E-state index is 3.50.